The summed E-state index contributed by atoms with van der Waals surface area (Å²) in [5.74, 6) is 0. The summed E-state index contributed by atoms with van der Waals surface area (Å²) in [7, 11) is 0. The highest BCUT2D eigenvalue weighted by Gasteiger charge is 1.93. The fourth-order valence-electron chi connectivity index (χ4n) is 0.904. The predicted molar refractivity (Wildman–Crippen MR) is 48.1 cm³/mol. The minimum Gasteiger partial charge on any atom is -0.256 e. The molecule has 1 aromatic heterocycles. The molecule has 0 aromatic carbocycles. The number of rotatable bonds is 2. The van der Waals surface area contributed by atoms with E-state index in [1.54, 1.807) is 6.20 Å². The Morgan fingerprint density at radius 2 is 2.36 bits per heavy atom. The average Bonchev–Trinajstić information content (AvgIpc) is 2.09. The molecule has 0 atom stereocenters. The highest BCUT2D eigenvalue weighted by molar-refractivity contribution is 5.70. The van der Waals surface area contributed by atoms with Gasteiger partial charge < -0.3 is 0 Å². The third kappa shape index (κ3) is 1.77. The van der Waals surface area contributed by atoms with Gasteiger partial charge in [-0.1, -0.05) is 24.8 Å². The molecular formula is C10H11N. The zero-order chi connectivity index (χ0) is 8.10. The summed E-state index contributed by atoms with van der Waals surface area (Å²) in [6.07, 6.45) is 5.58. The van der Waals surface area contributed by atoms with E-state index in [1.165, 1.54) is 0 Å². The van der Waals surface area contributed by atoms with E-state index in [4.69, 9.17) is 0 Å². The molecule has 1 rings (SSSR count). The van der Waals surface area contributed by atoms with Crippen LogP contribution in [0.15, 0.2) is 43.1 Å². The topological polar surface area (TPSA) is 12.9 Å². The number of aromatic nitrogens is 1. The average molecular weight is 145 g/mol. The van der Waals surface area contributed by atoms with Crippen LogP contribution in [0.3, 0.4) is 0 Å². The highest BCUT2D eigenvalue weighted by atomic mass is 14.7. The van der Waals surface area contributed by atoms with E-state index in [2.05, 4.69) is 11.6 Å². The Labute approximate surface area is 67.1 Å². The number of pyridine rings is 1. The SMILES string of the molecule is C=C/C(=C\C)c1ccccn1. The van der Waals surface area contributed by atoms with Gasteiger partial charge in [0.1, 0.15) is 0 Å². The molecule has 0 bridgehead atoms. The second kappa shape index (κ2) is 3.71. The van der Waals surface area contributed by atoms with E-state index in [9.17, 15) is 0 Å². The van der Waals surface area contributed by atoms with Crippen molar-refractivity contribution < 1.29 is 0 Å². The number of allylic oxidation sites excluding steroid dienone is 3. The first-order chi connectivity index (χ1) is 5.38. The van der Waals surface area contributed by atoms with Crippen molar-refractivity contribution >= 4 is 5.57 Å². The Kier molecular flexibility index (Phi) is 2.61. The van der Waals surface area contributed by atoms with Crippen LogP contribution in [0, 0.1) is 0 Å². The Balaban J connectivity index is 3.01. The van der Waals surface area contributed by atoms with Gasteiger partial charge in [0.15, 0.2) is 0 Å². The quantitative estimate of drug-likeness (QED) is 0.583. The maximum atomic E-state index is 4.18. The minimum absolute atomic E-state index is 0.977. The van der Waals surface area contributed by atoms with Crippen LogP contribution in [0.2, 0.25) is 0 Å². The summed E-state index contributed by atoms with van der Waals surface area (Å²) in [6.45, 7) is 5.68. The highest BCUT2D eigenvalue weighted by Crippen LogP contribution is 2.10. The maximum Gasteiger partial charge on any atom is 0.0698 e. The van der Waals surface area contributed by atoms with Crippen molar-refractivity contribution in [1.29, 1.82) is 0 Å². The van der Waals surface area contributed by atoms with Crippen molar-refractivity contribution in [2.24, 2.45) is 0 Å². The van der Waals surface area contributed by atoms with E-state index >= 15 is 0 Å². The Hall–Kier alpha value is -1.37. The molecule has 1 aromatic rings. The molecule has 0 aliphatic rings. The minimum atomic E-state index is 0.977. The largest absolute Gasteiger partial charge is 0.256 e. The Morgan fingerprint density at radius 1 is 1.55 bits per heavy atom. The fraction of sp³-hybridized carbons (Fsp3) is 0.100. The first kappa shape index (κ1) is 7.73. The van der Waals surface area contributed by atoms with Crippen molar-refractivity contribution in [3.63, 3.8) is 0 Å². The van der Waals surface area contributed by atoms with Gasteiger partial charge in [-0.15, -0.1) is 0 Å². The second-order valence-corrected chi connectivity index (χ2v) is 2.16. The summed E-state index contributed by atoms with van der Waals surface area (Å²) in [4.78, 5) is 4.18. The molecule has 0 radical (unpaired) electrons. The van der Waals surface area contributed by atoms with E-state index in [-0.39, 0.29) is 0 Å². The third-order valence-electron chi connectivity index (χ3n) is 1.49. The smallest absolute Gasteiger partial charge is 0.0698 e. The van der Waals surface area contributed by atoms with Gasteiger partial charge in [-0.2, -0.15) is 0 Å². The zero-order valence-corrected chi connectivity index (χ0v) is 6.62. The normalized spacial score (nSPS) is 11.2. The van der Waals surface area contributed by atoms with Crippen LogP contribution in [0.25, 0.3) is 5.57 Å². The van der Waals surface area contributed by atoms with Gasteiger partial charge in [0.25, 0.3) is 0 Å². The Bertz CT molecular complexity index is 259. The Morgan fingerprint density at radius 3 is 2.82 bits per heavy atom. The van der Waals surface area contributed by atoms with Gasteiger partial charge in [-0.05, 0) is 24.6 Å². The number of nitrogens with zero attached hydrogens (tertiary/aromatic N) is 1. The van der Waals surface area contributed by atoms with Gasteiger partial charge in [0.05, 0.1) is 5.69 Å². The van der Waals surface area contributed by atoms with Crippen LogP contribution in [0.1, 0.15) is 12.6 Å². The van der Waals surface area contributed by atoms with E-state index in [0.29, 0.717) is 0 Å². The molecule has 0 N–H and O–H groups in total. The van der Waals surface area contributed by atoms with Crippen molar-refractivity contribution in [3.05, 3.63) is 48.8 Å². The lowest BCUT2D eigenvalue weighted by molar-refractivity contribution is 1.28. The van der Waals surface area contributed by atoms with Gasteiger partial charge >= 0.3 is 0 Å². The number of hydrogen-bond acceptors (Lipinski definition) is 1. The van der Waals surface area contributed by atoms with E-state index < -0.39 is 0 Å². The van der Waals surface area contributed by atoms with Gasteiger partial charge in [0, 0.05) is 6.20 Å². The molecule has 0 aliphatic carbocycles. The molecule has 1 heteroatoms. The van der Waals surface area contributed by atoms with Gasteiger partial charge in [0.2, 0.25) is 0 Å². The number of hydrogen-bond donors (Lipinski definition) is 0. The summed E-state index contributed by atoms with van der Waals surface area (Å²) >= 11 is 0. The maximum absolute atomic E-state index is 4.18. The molecule has 1 nitrogen and oxygen atoms in total. The van der Waals surface area contributed by atoms with E-state index in [0.717, 1.165) is 11.3 Å². The van der Waals surface area contributed by atoms with Crippen LogP contribution >= 0.6 is 0 Å². The molecule has 0 amide bonds. The molecule has 0 spiro atoms. The zero-order valence-electron chi connectivity index (χ0n) is 6.62. The van der Waals surface area contributed by atoms with Crippen molar-refractivity contribution in [1.82, 2.24) is 4.98 Å². The molecule has 0 fully saturated rings. The van der Waals surface area contributed by atoms with Crippen LogP contribution < -0.4 is 0 Å². The van der Waals surface area contributed by atoms with Crippen LogP contribution in [-0.4, -0.2) is 4.98 Å². The molecule has 0 unspecified atom stereocenters. The van der Waals surface area contributed by atoms with Crippen molar-refractivity contribution in [2.75, 3.05) is 0 Å². The third-order valence-corrected chi connectivity index (χ3v) is 1.49. The first-order valence-electron chi connectivity index (χ1n) is 3.58. The van der Waals surface area contributed by atoms with Crippen molar-refractivity contribution in [2.45, 2.75) is 6.92 Å². The molecular weight excluding hydrogens is 134 g/mol. The molecule has 11 heavy (non-hydrogen) atoms. The van der Waals surface area contributed by atoms with Crippen molar-refractivity contribution in [3.8, 4) is 0 Å². The lowest BCUT2D eigenvalue weighted by Gasteiger charge is -1.97. The van der Waals surface area contributed by atoms with E-state index in [1.807, 2.05) is 37.3 Å². The molecule has 0 saturated carbocycles. The van der Waals surface area contributed by atoms with Crippen LogP contribution in [-0.2, 0) is 0 Å². The molecule has 0 aliphatic heterocycles. The molecule has 56 valence electrons. The lowest BCUT2D eigenvalue weighted by atomic mass is 10.1. The summed E-state index contributed by atoms with van der Waals surface area (Å²) in [5.41, 5.74) is 2.05. The van der Waals surface area contributed by atoms with Gasteiger partial charge in [-0.25, -0.2) is 0 Å². The van der Waals surface area contributed by atoms with Crippen LogP contribution in [0.4, 0.5) is 0 Å². The molecule has 0 saturated heterocycles. The van der Waals surface area contributed by atoms with Gasteiger partial charge in [-0.3, -0.25) is 4.98 Å². The predicted octanol–water partition coefficient (Wildman–Crippen LogP) is 2.67. The summed E-state index contributed by atoms with van der Waals surface area (Å²) in [6, 6.07) is 5.84. The monoisotopic (exact) mass is 145 g/mol. The molecule has 1 heterocycles. The summed E-state index contributed by atoms with van der Waals surface area (Å²) < 4.78 is 0. The summed E-state index contributed by atoms with van der Waals surface area (Å²) in [5, 5.41) is 0. The van der Waals surface area contributed by atoms with Crippen LogP contribution in [0.5, 0.6) is 0 Å². The first-order valence-corrected chi connectivity index (χ1v) is 3.58. The standard InChI is InChI=1S/C10H11N/c1-3-9(4-2)10-7-5-6-8-11-10/h3-8H,1H2,2H3/b9-4+. The fourth-order valence-corrected chi connectivity index (χ4v) is 0.904. The second-order valence-electron chi connectivity index (χ2n) is 2.16. The lowest BCUT2D eigenvalue weighted by Crippen LogP contribution is -1.83.